The van der Waals surface area contributed by atoms with Crippen LogP contribution in [0, 0.1) is 0 Å². The molecule has 1 aromatic carbocycles. The molecule has 0 amide bonds. The lowest BCUT2D eigenvalue weighted by molar-refractivity contribution is 0.107. The molecule has 1 rings (SSSR count). The van der Waals surface area contributed by atoms with Crippen molar-refractivity contribution < 1.29 is 18.9 Å². The third kappa shape index (κ3) is 10.6. The van der Waals surface area contributed by atoms with Crippen LogP contribution < -0.4 is 14.8 Å². The van der Waals surface area contributed by atoms with Crippen LogP contribution in [0.1, 0.15) is 52.0 Å². The molecule has 0 aliphatic carbocycles. The van der Waals surface area contributed by atoms with Crippen LogP contribution in [0.2, 0.25) is 0 Å². The Bertz CT molecular complexity index is 454. The molecule has 0 bridgehead atoms. The van der Waals surface area contributed by atoms with Crippen molar-refractivity contribution in [2.75, 3.05) is 46.2 Å². The maximum atomic E-state index is 5.93. The smallest absolute Gasteiger partial charge is 0.127 e. The summed E-state index contributed by atoms with van der Waals surface area (Å²) in [7, 11) is 0. The van der Waals surface area contributed by atoms with E-state index in [-0.39, 0.29) is 0 Å². The molecule has 0 fully saturated rings. The van der Waals surface area contributed by atoms with Gasteiger partial charge in [-0.05, 0) is 32.9 Å². The second kappa shape index (κ2) is 15.9. The van der Waals surface area contributed by atoms with E-state index < -0.39 is 0 Å². The van der Waals surface area contributed by atoms with Crippen molar-refractivity contribution in [2.45, 2.75) is 53.0 Å². The number of benzene rings is 1. The van der Waals surface area contributed by atoms with Gasteiger partial charge in [-0.15, -0.1) is 0 Å². The van der Waals surface area contributed by atoms with Crippen LogP contribution in [-0.4, -0.2) is 46.2 Å². The van der Waals surface area contributed by atoms with Crippen LogP contribution >= 0.6 is 0 Å². The van der Waals surface area contributed by atoms with Crippen LogP contribution in [0.5, 0.6) is 11.5 Å². The summed E-state index contributed by atoms with van der Waals surface area (Å²) in [6, 6.07) is 6.03. The SMILES string of the molecule is CCCCCCNCc1ccc(OCCOCC)cc1OCCOCC. The van der Waals surface area contributed by atoms with Gasteiger partial charge in [0.2, 0.25) is 0 Å². The second-order valence-corrected chi connectivity index (χ2v) is 6.10. The lowest BCUT2D eigenvalue weighted by Gasteiger charge is -2.15. The van der Waals surface area contributed by atoms with E-state index in [0.29, 0.717) is 39.6 Å². The summed E-state index contributed by atoms with van der Waals surface area (Å²) in [6.07, 6.45) is 5.07. The number of nitrogens with one attached hydrogen (secondary N) is 1. The normalized spacial score (nSPS) is 10.9. The Morgan fingerprint density at radius 2 is 1.54 bits per heavy atom. The molecule has 0 radical (unpaired) electrons. The summed E-state index contributed by atoms with van der Waals surface area (Å²) in [5.74, 6) is 1.67. The van der Waals surface area contributed by atoms with E-state index in [0.717, 1.165) is 30.2 Å². The Hall–Kier alpha value is -1.30. The number of unbranched alkanes of at least 4 members (excludes halogenated alkanes) is 3. The lowest BCUT2D eigenvalue weighted by atomic mass is 10.1. The molecule has 150 valence electrons. The van der Waals surface area contributed by atoms with Gasteiger partial charge in [-0.1, -0.05) is 32.3 Å². The molecule has 5 heteroatoms. The van der Waals surface area contributed by atoms with Crippen molar-refractivity contribution in [1.82, 2.24) is 5.32 Å². The zero-order valence-electron chi connectivity index (χ0n) is 16.9. The van der Waals surface area contributed by atoms with Crippen LogP contribution in [0.3, 0.4) is 0 Å². The van der Waals surface area contributed by atoms with Crippen molar-refractivity contribution in [3.8, 4) is 11.5 Å². The molecule has 0 aliphatic heterocycles. The fourth-order valence-electron chi connectivity index (χ4n) is 2.52. The third-order valence-electron chi connectivity index (χ3n) is 3.95. The highest BCUT2D eigenvalue weighted by Crippen LogP contribution is 2.25. The van der Waals surface area contributed by atoms with Gasteiger partial charge in [-0.25, -0.2) is 0 Å². The molecular weight excluding hydrogens is 330 g/mol. The second-order valence-electron chi connectivity index (χ2n) is 6.10. The first-order valence-electron chi connectivity index (χ1n) is 10.1. The molecule has 5 nitrogen and oxygen atoms in total. The van der Waals surface area contributed by atoms with Gasteiger partial charge in [0, 0.05) is 31.4 Å². The Morgan fingerprint density at radius 1 is 0.808 bits per heavy atom. The van der Waals surface area contributed by atoms with Gasteiger partial charge in [0.15, 0.2) is 0 Å². The first-order valence-corrected chi connectivity index (χ1v) is 10.1. The van der Waals surface area contributed by atoms with Gasteiger partial charge in [-0.2, -0.15) is 0 Å². The summed E-state index contributed by atoms with van der Waals surface area (Å²) in [5.41, 5.74) is 1.15. The number of rotatable bonds is 17. The summed E-state index contributed by atoms with van der Waals surface area (Å²) in [6.45, 7) is 11.7. The fourth-order valence-corrected chi connectivity index (χ4v) is 2.52. The number of hydrogen-bond donors (Lipinski definition) is 1. The largest absolute Gasteiger partial charge is 0.491 e. The van der Waals surface area contributed by atoms with E-state index in [9.17, 15) is 0 Å². The van der Waals surface area contributed by atoms with Crippen LogP contribution in [0.25, 0.3) is 0 Å². The minimum Gasteiger partial charge on any atom is -0.491 e. The number of ether oxygens (including phenoxy) is 4. The van der Waals surface area contributed by atoms with Crippen LogP contribution in [0.4, 0.5) is 0 Å². The van der Waals surface area contributed by atoms with Crippen molar-refractivity contribution in [2.24, 2.45) is 0 Å². The van der Waals surface area contributed by atoms with Crippen LogP contribution in [-0.2, 0) is 16.0 Å². The Balaban J connectivity index is 2.52. The van der Waals surface area contributed by atoms with E-state index in [4.69, 9.17) is 18.9 Å². The minimum atomic E-state index is 0.541. The molecule has 0 atom stereocenters. The van der Waals surface area contributed by atoms with Gasteiger partial charge in [0.1, 0.15) is 24.7 Å². The molecule has 0 unspecified atom stereocenters. The van der Waals surface area contributed by atoms with Crippen molar-refractivity contribution >= 4 is 0 Å². The molecule has 1 N–H and O–H groups in total. The van der Waals surface area contributed by atoms with Gasteiger partial charge >= 0.3 is 0 Å². The molecule has 0 spiro atoms. The quantitative estimate of drug-likeness (QED) is 0.419. The summed E-state index contributed by atoms with van der Waals surface area (Å²) in [4.78, 5) is 0. The van der Waals surface area contributed by atoms with Crippen molar-refractivity contribution in [1.29, 1.82) is 0 Å². The maximum absolute atomic E-state index is 5.93. The zero-order valence-corrected chi connectivity index (χ0v) is 16.9. The molecule has 0 saturated heterocycles. The Kier molecular flexibility index (Phi) is 13.9. The summed E-state index contributed by atoms with van der Waals surface area (Å²) >= 11 is 0. The molecule has 0 aromatic heterocycles. The lowest BCUT2D eigenvalue weighted by Crippen LogP contribution is -2.16. The first-order chi connectivity index (χ1) is 12.8. The van der Waals surface area contributed by atoms with E-state index >= 15 is 0 Å². The topological polar surface area (TPSA) is 49.0 Å². The predicted molar refractivity (Wildman–Crippen MR) is 106 cm³/mol. The fraction of sp³-hybridized carbons (Fsp3) is 0.714. The number of hydrogen-bond acceptors (Lipinski definition) is 5. The molecule has 1 aromatic rings. The highest BCUT2D eigenvalue weighted by molar-refractivity contribution is 5.40. The highest BCUT2D eigenvalue weighted by Gasteiger charge is 2.07. The van der Waals surface area contributed by atoms with E-state index in [1.807, 2.05) is 26.0 Å². The molecular formula is C21H37NO4. The summed E-state index contributed by atoms with van der Waals surface area (Å²) in [5, 5.41) is 3.51. The van der Waals surface area contributed by atoms with E-state index in [2.05, 4.69) is 18.3 Å². The molecule has 0 saturated carbocycles. The zero-order chi connectivity index (χ0) is 18.9. The average molecular weight is 368 g/mol. The van der Waals surface area contributed by atoms with E-state index in [1.165, 1.54) is 25.7 Å². The van der Waals surface area contributed by atoms with E-state index in [1.54, 1.807) is 0 Å². The van der Waals surface area contributed by atoms with Gasteiger partial charge in [0.05, 0.1) is 13.2 Å². The van der Waals surface area contributed by atoms with Gasteiger partial charge in [0.25, 0.3) is 0 Å². The Morgan fingerprint density at radius 3 is 2.23 bits per heavy atom. The predicted octanol–water partition coefficient (Wildman–Crippen LogP) is 4.19. The average Bonchev–Trinajstić information content (AvgIpc) is 2.66. The molecule has 0 aliphatic rings. The van der Waals surface area contributed by atoms with Crippen molar-refractivity contribution in [3.05, 3.63) is 23.8 Å². The highest BCUT2D eigenvalue weighted by atomic mass is 16.5. The monoisotopic (exact) mass is 367 g/mol. The van der Waals surface area contributed by atoms with Crippen molar-refractivity contribution in [3.63, 3.8) is 0 Å². The minimum absolute atomic E-state index is 0.541. The summed E-state index contributed by atoms with van der Waals surface area (Å²) < 4.78 is 22.3. The standard InChI is InChI=1S/C21H37NO4/c1-4-7-8-9-12-22-18-19-10-11-20(25-15-13-23-5-2)17-21(19)26-16-14-24-6-3/h10-11,17,22H,4-9,12-16,18H2,1-3H3. The van der Waals surface area contributed by atoms with Crippen LogP contribution in [0.15, 0.2) is 18.2 Å². The Labute approximate surface area is 159 Å². The maximum Gasteiger partial charge on any atom is 0.127 e. The van der Waals surface area contributed by atoms with Gasteiger partial charge in [-0.3, -0.25) is 0 Å². The molecule has 26 heavy (non-hydrogen) atoms. The molecule has 0 heterocycles. The third-order valence-corrected chi connectivity index (χ3v) is 3.95. The first kappa shape index (κ1) is 22.7. The van der Waals surface area contributed by atoms with Gasteiger partial charge < -0.3 is 24.3 Å².